The lowest BCUT2D eigenvalue weighted by Gasteiger charge is -2.21. The number of aromatic hydroxyl groups is 1. The molecule has 2 heterocycles. The van der Waals surface area contributed by atoms with Crippen LogP contribution in [0.25, 0.3) is 28.2 Å². The van der Waals surface area contributed by atoms with Gasteiger partial charge in [0.15, 0.2) is 0 Å². The molecule has 5 nitrogen and oxygen atoms in total. The van der Waals surface area contributed by atoms with E-state index in [9.17, 15) is 9.90 Å². The molecule has 0 fully saturated rings. The van der Waals surface area contributed by atoms with E-state index in [-0.39, 0.29) is 11.4 Å². The maximum atomic E-state index is 13.3. The third-order valence-corrected chi connectivity index (χ3v) is 6.90. The Morgan fingerprint density at radius 1 is 0.735 bits per heavy atom. The Balaban J connectivity index is 1.50. The van der Waals surface area contributed by atoms with Crippen molar-refractivity contribution >= 4 is 23.1 Å². The zero-order valence-electron chi connectivity index (χ0n) is 18.0. The van der Waals surface area contributed by atoms with Crippen LogP contribution in [0.3, 0.4) is 0 Å². The van der Waals surface area contributed by atoms with Crippen molar-refractivity contribution in [3.8, 4) is 34.0 Å². The molecular weight excluding hydrogens is 442 g/mol. The first-order chi connectivity index (χ1) is 16.7. The number of phenols is 1. The number of nitrogens with one attached hydrogen (secondary N) is 1. The molecule has 164 valence electrons. The molecule has 1 aliphatic rings. The minimum absolute atomic E-state index is 0.171. The van der Waals surface area contributed by atoms with Crippen molar-refractivity contribution < 1.29 is 5.11 Å². The van der Waals surface area contributed by atoms with Gasteiger partial charge in [0.1, 0.15) is 5.75 Å². The highest BCUT2D eigenvalue weighted by Crippen LogP contribution is 2.45. The van der Waals surface area contributed by atoms with Gasteiger partial charge in [-0.3, -0.25) is 4.57 Å². The zero-order valence-corrected chi connectivity index (χ0v) is 18.8. The van der Waals surface area contributed by atoms with E-state index >= 15 is 0 Å². The molecule has 0 saturated heterocycles. The van der Waals surface area contributed by atoms with Gasteiger partial charge < -0.3 is 10.4 Å². The highest BCUT2D eigenvalue weighted by atomic mass is 32.2. The van der Waals surface area contributed by atoms with Gasteiger partial charge in [-0.15, -0.1) is 0 Å². The molecule has 0 aliphatic carbocycles. The summed E-state index contributed by atoms with van der Waals surface area (Å²) in [7, 11) is 0. The van der Waals surface area contributed by atoms with E-state index < -0.39 is 0 Å². The Kier molecular flexibility index (Phi) is 4.93. The molecule has 2 N–H and O–H groups in total. The number of nitrogens with zero attached hydrogens (tertiary/aromatic N) is 2. The first kappa shape index (κ1) is 20.3. The summed E-state index contributed by atoms with van der Waals surface area (Å²) in [5, 5.41) is 13.3. The van der Waals surface area contributed by atoms with Gasteiger partial charge in [0.2, 0.25) is 0 Å². The molecule has 0 saturated carbocycles. The molecule has 0 unspecified atom stereocenters. The Bertz CT molecular complexity index is 1580. The van der Waals surface area contributed by atoms with Crippen LogP contribution in [0.1, 0.15) is 0 Å². The Morgan fingerprint density at radius 3 is 2.26 bits per heavy atom. The average Bonchev–Trinajstić information content (AvgIpc) is 2.87. The Hall–Kier alpha value is -4.29. The summed E-state index contributed by atoms with van der Waals surface area (Å²) >= 11 is 1.72. The van der Waals surface area contributed by atoms with Gasteiger partial charge in [0.25, 0.3) is 0 Å². The highest BCUT2D eigenvalue weighted by molar-refractivity contribution is 7.99. The number of para-hydroxylation sites is 2. The summed E-state index contributed by atoms with van der Waals surface area (Å²) in [6.07, 6.45) is 0. The fraction of sp³-hybridized carbons (Fsp3) is 0. The van der Waals surface area contributed by atoms with Gasteiger partial charge >= 0.3 is 5.69 Å². The van der Waals surface area contributed by atoms with E-state index in [0.717, 1.165) is 33.1 Å². The summed E-state index contributed by atoms with van der Waals surface area (Å²) in [5.41, 5.74) is 5.37. The first-order valence-electron chi connectivity index (χ1n) is 10.8. The van der Waals surface area contributed by atoms with Gasteiger partial charge in [0, 0.05) is 15.4 Å². The predicted octanol–water partition coefficient (Wildman–Crippen LogP) is 6.48. The molecule has 0 spiro atoms. The smallest absolute Gasteiger partial charge is 0.353 e. The molecule has 5 aromatic rings. The number of benzene rings is 4. The number of hydrogen-bond acceptors (Lipinski definition) is 5. The SMILES string of the molecule is O=c1nc(-c2ccc3c(c2)Nc2ccccc2S3)cc(-c2ccc(O)cc2)n1-c1ccccc1. The minimum atomic E-state index is -0.364. The van der Waals surface area contributed by atoms with Crippen LogP contribution >= 0.6 is 11.8 Å². The average molecular weight is 462 g/mol. The third kappa shape index (κ3) is 3.64. The number of phenolic OH excluding ortho intramolecular Hbond substituents is 1. The second-order valence-corrected chi connectivity index (χ2v) is 9.04. The van der Waals surface area contributed by atoms with Crippen LogP contribution in [-0.2, 0) is 0 Å². The summed E-state index contributed by atoms with van der Waals surface area (Å²) < 4.78 is 1.60. The normalized spacial score (nSPS) is 11.9. The van der Waals surface area contributed by atoms with Gasteiger partial charge in [-0.2, -0.15) is 4.98 Å². The molecule has 1 aromatic heterocycles. The van der Waals surface area contributed by atoms with E-state index in [2.05, 4.69) is 28.5 Å². The number of anilines is 2. The van der Waals surface area contributed by atoms with Crippen molar-refractivity contribution in [1.82, 2.24) is 9.55 Å². The summed E-state index contributed by atoms with van der Waals surface area (Å²) in [5.74, 6) is 0.171. The van der Waals surface area contributed by atoms with Gasteiger partial charge in [-0.25, -0.2) is 4.79 Å². The monoisotopic (exact) mass is 461 g/mol. The molecule has 0 amide bonds. The van der Waals surface area contributed by atoms with Crippen molar-refractivity contribution in [2.24, 2.45) is 0 Å². The maximum Gasteiger partial charge on any atom is 0.353 e. The quantitative estimate of drug-likeness (QED) is 0.316. The number of rotatable bonds is 3. The van der Waals surface area contributed by atoms with Crippen LogP contribution < -0.4 is 11.0 Å². The highest BCUT2D eigenvalue weighted by Gasteiger charge is 2.18. The van der Waals surface area contributed by atoms with Crippen molar-refractivity contribution in [1.29, 1.82) is 0 Å². The lowest BCUT2D eigenvalue weighted by molar-refractivity contribution is 0.475. The van der Waals surface area contributed by atoms with E-state index in [4.69, 9.17) is 0 Å². The fourth-order valence-corrected chi connectivity index (χ4v) is 5.07. The van der Waals surface area contributed by atoms with Crippen molar-refractivity contribution in [3.05, 3.63) is 114 Å². The molecule has 6 rings (SSSR count). The van der Waals surface area contributed by atoms with Gasteiger partial charge in [0.05, 0.1) is 28.5 Å². The Morgan fingerprint density at radius 2 is 1.44 bits per heavy atom. The number of fused-ring (bicyclic) bond motifs is 2. The zero-order chi connectivity index (χ0) is 23.1. The van der Waals surface area contributed by atoms with Crippen molar-refractivity contribution in [2.45, 2.75) is 9.79 Å². The van der Waals surface area contributed by atoms with Crippen LogP contribution in [0, 0.1) is 0 Å². The second-order valence-electron chi connectivity index (χ2n) is 7.96. The third-order valence-electron chi connectivity index (χ3n) is 5.75. The molecule has 0 radical (unpaired) electrons. The lowest BCUT2D eigenvalue weighted by Crippen LogP contribution is -2.23. The topological polar surface area (TPSA) is 67.2 Å². The molecule has 6 heteroatoms. The van der Waals surface area contributed by atoms with Gasteiger partial charge in [-0.1, -0.05) is 48.2 Å². The summed E-state index contributed by atoms with van der Waals surface area (Å²) in [6.45, 7) is 0. The molecule has 1 aliphatic heterocycles. The van der Waals surface area contributed by atoms with E-state index in [1.165, 1.54) is 4.90 Å². The molecular formula is C28H19N3O2S. The largest absolute Gasteiger partial charge is 0.508 e. The molecule has 0 bridgehead atoms. The van der Waals surface area contributed by atoms with E-state index in [1.807, 2.05) is 60.7 Å². The lowest BCUT2D eigenvalue weighted by atomic mass is 10.1. The fourth-order valence-electron chi connectivity index (χ4n) is 4.10. The molecule has 4 aromatic carbocycles. The van der Waals surface area contributed by atoms with Crippen molar-refractivity contribution in [2.75, 3.05) is 5.32 Å². The van der Waals surface area contributed by atoms with Crippen LogP contribution in [0.4, 0.5) is 11.4 Å². The first-order valence-corrected chi connectivity index (χ1v) is 11.6. The Labute approximate surface area is 200 Å². The number of aromatic nitrogens is 2. The van der Waals surface area contributed by atoms with Crippen LogP contribution in [0.15, 0.2) is 118 Å². The minimum Gasteiger partial charge on any atom is -0.508 e. The number of hydrogen-bond donors (Lipinski definition) is 2. The van der Waals surface area contributed by atoms with E-state index in [1.54, 1.807) is 40.6 Å². The second kappa shape index (κ2) is 8.24. The van der Waals surface area contributed by atoms with E-state index in [0.29, 0.717) is 11.4 Å². The maximum absolute atomic E-state index is 13.3. The van der Waals surface area contributed by atoms with Crippen LogP contribution in [0.5, 0.6) is 5.75 Å². The van der Waals surface area contributed by atoms with Crippen LogP contribution in [-0.4, -0.2) is 14.7 Å². The van der Waals surface area contributed by atoms with Gasteiger partial charge in [-0.05, 0) is 72.3 Å². The molecule has 34 heavy (non-hydrogen) atoms. The summed E-state index contributed by atoms with van der Waals surface area (Å²) in [4.78, 5) is 20.1. The van der Waals surface area contributed by atoms with Crippen molar-refractivity contribution in [3.63, 3.8) is 0 Å². The van der Waals surface area contributed by atoms with Crippen LogP contribution in [0.2, 0.25) is 0 Å². The summed E-state index contributed by atoms with van der Waals surface area (Å²) in [6, 6.07) is 32.5. The standard InChI is InChI=1S/C28H19N3O2S/c32-21-13-10-18(11-14-21)25-17-23(30-28(33)31(25)20-6-2-1-3-7-20)19-12-15-27-24(16-19)29-22-8-4-5-9-26(22)34-27/h1-17,29,32H. The predicted molar refractivity (Wildman–Crippen MR) is 136 cm³/mol. The molecule has 0 atom stereocenters.